The molecule has 1 aromatic rings. The summed E-state index contributed by atoms with van der Waals surface area (Å²) in [5.41, 5.74) is 1.67. The van der Waals surface area contributed by atoms with Gasteiger partial charge in [-0.05, 0) is 36.5 Å². The van der Waals surface area contributed by atoms with Gasteiger partial charge in [0.05, 0.1) is 17.3 Å². The van der Waals surface area contributed by atoms with Crippen LogP contribution in [0.4, 0.5) is 5.69 Å². The zero-order valence-electron chi connectivity index (χ0n) is 12.1. The molecule has 5 heteroatoms. The smallest absolute Gasteiger partial charge is 0.328 e. The second kappa shape index (κ2) is 7.48. The van der Waals surface area contributed by atoms with Crippen LogP contribution in [0.5, 0.6) is 0 Å². The molecule has 1 saturated heterocycles. The van der Waals surface area contributed by atoms with Gasteiger partial charge in [-0.25, -0.2) is 4.79 Å². The minimum atomic E-state index is -0.968. The van der Waals surface area contributed by atoms with Crippen LogP contribution in [-0.2, 0) is 9.53 Å². The van der Waals surface area contributed by atoms with Crippen molar-refractivity contribution in [1.29, 1.82) is 0 Å². The quantitative estimate of drug-likeness (QED) is 0.848. The summed E-state index contributed by atoms with van der Waals surface area (Å²) in [6.45, 7) is 2.46. The van der Waals surface area contributed by atoms with Gasteiger partial charge in [-0.3, -0.25) is 0 Å². The summed E-state index contributed by atoms with van der Waals surface area (Å²) in [6.07, 6.45) is 4.95. The Labute approximate surface area is 130 Å². The van der Waals surface area contributed by atoms with E-state index in [1.807, 2.05) is 25.2 Å². The van der Waals surface area contributed by atoms with Gasteiger partial charge in [0, 0.05) is 26.3 Å². The van der Waals surface area contributed by atoms with Crippen LogP contribution in [0.2, 0.25) is 5.02 Å². The van der Waals surface area contributed by atoms with Gasteiger partial charge >= 0.3 is 5.97 Å². The minimum Gasteiger partial charge on any atom is -0.478 e. The van der Waals surface area contributed by atoms with Gasteiger partial charge in [-0.1, -0.05) is 23.7 Å². The van der Waals surface area contributed by atoms with Crippen molar-refractivity contribution in [3.63, 3.8) is 0 Å². The Hall–Kier alpha value is -1.52. The average molecular weight is 310 g/mol. The van der Waals surface area contributed by atoms with Gasteiger partial charge in [-0.2, -0.15) is 0 Å². The molecule has 2 rings (SSSR count). The molecule has 1 atom stereocenters. The van der Waals surface area contributed by atoms with Crippen LogP contribution in [-0.4, -0.2) is 37.9 Å². The average Bonchev–Trinajstić information content (AvgIpc) is 2.46. The number of anilines is 1. The topological polar surface area (TPSA) is 49.8 Å². The molecule has 1 unspecified atom stereocenters. The Balaban J connectivity index is 2.18. The first-order chi connectivity index (χ1) is 10.1. The van der Waals surface area contributed by atoms with Crippen molar-refractivity contribution in [2.75, 3.05) is 31.7 Å². The predicted octanol–water partition coefficient (Wildman–Crippen LogP) is 3.30. The van der Waals surface area contributed by atoms with Gasteiger partial charge in [0.1, 0.15) is 0 Å². The van der Waals surface area contributed by atoms with Crippen molar-refractivity contribution >= 4 is 29.3 Å². The van der Waals surface area contributed by atoms with Gasteiger partial charge in [0.25, 0.3) is 0 Å². The molecule has 0 radical (unpaired) electrons. The molecule has 1 N–H and O–H groups in total. The summed E-state index contributed by atoms with van der Waals surface area (Å²) < 4.78 is 5.51. The van der Waals surface area contributed by atoms with E-state index in [2.05, 4.69) is 4.90 Å². The molecular weight excluding hydrogens is 290 g/mol. The fourth-order valence-electron chi connectivity index (χ4n) is 2.66. The molecule has 0 bridgehead atoms. The lowest BCUT2D eigenvalue weighted by atomic mass is 10.0. The predicted molar refractivity (Wildman–Crippen MR) is 84.9 cm³/mol. The molecule has 21 heavy (non-hydrogen) atoms. The largest absolute Gasteiger partial charge is 0.478 e. The Morgan fingerprint density at radius 3 is 3.05 bits per heavy atom. The van der Waals surface area contributed by atoms with E-state index < -0.39 is 5.97 Å². The van der Waals surface area contributed by atoms with Crippen LogP contribution < -0.4 is 4.90 Å². The normalized spacial score (nSPS) is 18.9. The lowest BCUT2D eigenvalue weighted by molar-refractivity contribution is -0.131. The van der Waals surface area contributed by atoms with Crippen molar-refractivity contribution < 1.29 is 14.6 Å². The first kappa shape index (κ1) is 15.9. The number of hydrogen-bond donors (Lipinski definition) is 1. The molecule has 1 aliphatic rings. The van der Waals surface area contributed by atoms with E-state index in [0.29, 0.717) is 10.9 Å². The van der Waals surface area contributed by atoms with Crippen molar-refractivity contribution in [2.24, 2.45) is 5.92 Å². The lowest BCUT2D eigenvalue weighted by Crippen LogP contribution is -2.31. The highest BCUT2D eigenvalue weighted by molar-refractivity contribution is 6.33. The van der Waals surface area contributed by atoms with Crippen molar-refractivity contribution in [2.45, 2.75) is 12.8 Å². The standard InChI is InChI=1S/C16H20ClNO3/c1-18(10-12-4-3-9-21-11-12)16-13(7-8-15(19)20)5-2-6-14(16)17/h2,5-8,12H,3-4,9-11H2,1H3,(H,19,20)/b8-7+. The number of nitrogens with zero attached hydrogens (tertiary/aromatic N) is 1. The van der Waals surface area contributed by atoms with Crippen LogP contribution in [0.15, 0.2) is 24.3 Å². The number of carbonyl (C=O) groups is 1. The fraction of sp³-hybridized carbons (Fsp3) is 0.438. The molecule has 0 spiro atoms. The maximum absolute atomic E-state index is 10.7. The van der Waals surface area contributed by atoms with E-state index in [4.69, 9.17) is 21.4 Å². The maximum atomic E-state index is 10.7. The monoisotopic (exact) mass is 309 g/mol. The zero-order chi connectivity index (χ0) is 15.2. The highest BCUT2D eigenvalue weighted by Crippen LogP contribution is 2.31. The van der Waals surface area contributed by atoms with Crippen LogP contribution in [0, 0.1) is 5.92 Å². The molecule has 114 valence electrons. The third kappa shape index (κ3) is 4.48. The van der Waals surface area contributed by atoms with Crippen LogP contribution in [0.25, 0.3) is 6.08 Å². The van der Waals surface area contributed by atoms with Gasteiger partial charge in [-0.15, -0.1) is 0 Å². The molecular formula is C16H20ClNO3. The van der Waals surface area contributed by atoms with Crippen molar-refractivity contribution in [3.05, 3.63) is 34.9 Å². The molecule has 1 aromatic carbocycles. The van der Waals surface area contributed by atoms with E-state index in [0.717, 1.165) is 49.9 Å². The number of rotatable bonds is 5. The fourth-order valence-corrected chi connectivity index (χ4v) is 2.99. The third-order valence-corrected chi connectivity index (χ3v) is 3.90. The van der Waals surface area contributed by atoms with Crippen molar-refractivity contribution in [1.82, 2.24) is 0 Å². The second-order valence-corrected chi connectivity index (χ2v) is 5.72. The summed E-state index contributed by atoms with van der Waals surface area (Å²) in [6, 6.07) is 5.52. The summed E-state index contributed by atoms with van der Waals surface area (Å²) in [4.78, 5) is 12.8. The molecule has 4 nitrogen and oxygen atoms in total. The number of hydrogen-bond acceptors (Lipinski definition) is 3. The molecule has 0 saturated carbocycles. The van der Waals surface area contributed by atoms with E-state index >= 15 is 0 Å². The number of carboxylic acid groups (broad SMARTS) is 1. The number of halogens is 1. The Bertz CT molecular complexity index is 524. The SMILES string of the molecule is CN(CC1CCCOC1)c1c(Cl)cccc1/C=C/C(=O)O. The van der Waals surface area contributed by atoms with E-state index in [1.54, 1.807) is 6.08 Å². The van der Waals surface area contributed by atoms with Gasteiger partial charge < -0.3 is 14.7 Å². The first-order valence-corrected chi connectivity index (χ1v) is 7.44. The number of benzene rings is 1. The number of para-hydroxylation sites is 1. The summed E-state index contributed by atoms with van der Waals surface area (Å²) in [5.74, 6) is -0.486. The Morgan fingerprint density at radius 1 is 1.57 bits per heavy atom. The van der Waals surface area contributed by atoms with Crippen LogP contribution >= 0.6 is 11.6 Å². The zero-order valence-corrected chi connectivity index (χ0v) is 12.8. The number of ether oxygens (including phenoxy) is 1. The summed E-state index contributed by atoms with van der Waals surface area (Å²) in [7, 11) is 1.98. The molecule has 1 aliphatic heterocycles. The molecule has 1 heterocycles. The van der Waals surface area contributed by atoms with Crippen LogP contribution in [0.3, 0.4) is 0 Å². The Morgan fingerprint density at radius 2 is 2.38 bits per heavy atom. The van der Waals surface area contributed by atoms with E-state index in [9.17, 15) is 4.79 Å². The molecule has 1 fully saturated rings. The van der Waals surface area contributed by atoms with E-state index in [-0.39, 0.29) is 0 Å². The molecule has 0 amide bonds. The number of aliphatic carboxylic acids is 1. The summed E-state index contributed by atoms with van der Waals surface area (Å²) in [5, 5.41) is 9.41. The van der Waals surface area contributed by atoms with Crippen LogP contribution in [0.1, 0.15) is 18.4 Å². The highest BCUT2D eigenvalue weighted by atomic mass is 35.5. The minimum absolute atomic E-state index is 0.483. The first-order valence-electron chi connectivity index (χ1n) is 7.06. The van der Waals surface area contributed by atoms with E-state index in [1.165, 1.54) is 0 Å². The number of carboxylic acids is 1. The molecule has 0 aliphatic carbocycles. The third-order valence-electron chi connectivity index (χ3n) is 3.59. The highest BCUT2D eigenvalue weighted by Gasteiger charge is 2.18. The van der Waals surface area contributed by atoms with Gasteiger partial charge in [0.2, 0.25) is 0 Å². The molecule has 0 aromatic heterocycles. The van der Waals surface area contributed by atoms with Crippen molar-refractivity contribution in [3.8, 4) is 0 Å². The summed E-state index contributed by atoms with van der Waals surface area (Å²) >= 11 is 6.30. The lowest BCUT2D eigenvalue weighted by Gasteiger charge is -2.29. The Kier molecular flexibility index (Phi) is 5.65. The van der Waals surface area contributed by atoms with Gasteiger partial charge in [0.15, 0.2) is 0 Å². The second-order valence-electron chi connectivity index (χ2n) is 5.31. The maximum Gasteiger partial charge on any atom is 0.328 e.